The number of rotatable bonds is 3. The van der Waals surface area contributed by atoms with Gasteiger partial charge < -0.3 is 14.3 Å². The van der Waals surface area contributed by atoms with Gasteiger partial charge >= 0.3 is 5.63 Å². The van der Waals surface area contributed by atoms with E-state index in [-0.39, 0.29) is 11.5 Å². The molecule has 0 unspecified atom stereocenters. The van der Waals surface area contributed by atoms with E-state index in [1.807, 2.05) is 13.0 Å². The van der Waals surface area contributed by atoms with Crippen LogP contribution >= 0.6 is 11.6 Å². The number of fused-ring (bicyclic) bond motifs is 1. The van der Waals surface area contributed by atoms with E-state index in [4.69, 9.17) is 20.8 Å². The van der Waals surface area contributed by atoms with E-state index in [0.29, 0.717) is 16.4 Å². The van der Waals surface area contributed by atoms with Crippen molar-refractivity contribution in [3.63, 3.8) is 0 Å². The van der Waals surface area contributed by atoms with Gasteiger partial charge in [0.2, 0.25) is 0 Å². The molecule has 22 heavy (non-hydrogen) atoms. The first-order valence-electron chi connectivity index (χ1n) is 6.80. The largest absolute Gasteiger partial charge is 0.504 e. The van der Waals surface area contributed by atoms with Gasteiger partial charge in [-0.1, -0.05) is 18.5 Å². The second kappa shape index (κ2) is 5.73. The second-order valence-corrected chi connectivity index (χ2v) is 5.25. The molecule has 112 valence electrons. The molecule has 0 saturated heterocycles. The molecule has 3 aromatic rings. The normalized spacial score (nSPS) is 10.8. The van der Waals surface area contributed by atoms with Crippen LogP contribution in [0.15, 0.2) is 51.7 Å². The fourth-order valence-corrected chi connectivity index (χ4v) is 2.44. The standard InChI is InChI=1S/C17H13ClO4/c1-2-10-7-17(20)22-16-9-12(4-5-13(10)16)21-15-6-3-11(18)8-14(15)19/h3-9,19H,2H2,1H3. The van der Waals surface area contributed by atoms with Crippen LogP contribution < -0.4 is 10.4 Å². The van der Waals surface area contributed by atoms with Gasteiger partial charge in [0.05, 0.1) is 0 Å². The second-order valence-electron chi connectivity index (χ2n) is 4.82. The fourth-order valence-electron chi connectivity index (χ4n) is 2.27. The first kappa shape index (κ1) is 14.5. The van der Waals surface area contributed by atoms with E-state index < -0.39 is 5.63 Å². The van der Waals surface area contributed by atoms with E-state index in [2.05, 4.69) is 0 Å². The Morgan fingerprint density at radius 2 is 2.00 bits per heavy atom. The quantitative estimate of drug-likeness (QED) is 0.722. The minimum atomic E-state index is -0.393. The maximum absolute atomic E-state index is 11.6. The molecular formula is C17H13ClO4. The number of halogens is 1. The van der Waals surface area contributed by atoms with Crippen LogP contribution in [0.3, 0.4) is 0 Å². The zero-order chi connectivity index (χ0) is 15.7. The highest BCUT2D eigenvalue weighted by Gasteiger charge is 2.08. The number of phenolic OH excluding ortho intramolecular Hbond substituents is 1. The molecule has 4 nitrogen and oxygen atoms in total. The first-order chi connectivity index (χ1) is 10.6. The molecule has 3 rings (SSSR count). The Kier molecular flexibility index (Phi) is 3.77. The Labute approximate surface area is 131 Å². The third-order valence-electron chi connectivity index (χ3n) is 3.33. The molecule has 0 radical (unpaired) electrons. The van der Waals surface area contributed by atoms with E-state index in [9.17, 15) is 9.90 Å². The molecule has 5 heteroatoms. The van der Waals surface area contributed by atoms with Gasteiger partial charge in [0, 0.05) is 28.6 Å². The van der Waals surface area contributed by atoms with Crippen LogP contribution in [0.5, 0.6) is 17.2 Å². The molecule has 0 spiro atoms. The molecule has 0 bridgehead atoms. The average molecular weight is 317 g/mol. The van der Waals surface area contributed by atoms with Gasteiger partial charge in [0.1, 0.15) is 11.3 Å². The van der Waals surface area contributed by atoms with Crippen LogP contribution in [-0.2, 0) is 6.42 Å². The zero-order valence-corrected chi connectivity index (χ0v) is 12.6. The molecule has 1 N–H and O–H groups in total. The highest BCUT2D eigenvalue weighted by molar-refractivity contribution is 6.30. The molecule has 0 atom stereocenters. The van der Waals surface area contributed by atoms with Gasteiger partial charge in [-0.25, -0.2) is 4.79 Å². The number of hydrogen-bond acceptors (Lipinski definition) is 4. The van der Waals surface area contributed by atoms with Crippen molar-refractivity contribution in [3.05, 3.63) is 63.5 Å². The zero-order valence-electron chi connectivity index (χ0n) is 11.8. The minimum Gasteiger partial charge on any atom is -0.504 e. The van der Waals surface area contributed by atoms with Crippen LogP contribution in [-0.4, -0.2) is 5.11 Å². The van der Waals surface area contributed by atoms with E-state index >= 15 is 0 Å². The third kappa shape index (κ3) is 2.78. The van der Waals surface area contributed by atoms with Crippen molar-refractivity contribution in [1.29, 1.82) is 0 Å². The highest BCUT2D eigenvalue weighted by atomic mass is 35.5. The minimum absolute atomic E-state index is 0.0589. The fraction of sp³-hybridized carbons (Fsp3) is 0.118. The van der Waals surface area contributed by atoms with E-state index in [1.54, 1.807) is 24.3 Å². The average Bonchev–Trinajstić information content (AvgIpc) is 2.49. The van der Waals surface area contributed by atoms with Crippen LogP contribution in [0, 0.1) is 0 Å². The van der Waals surface area contributed by atoms with Gasteiger partial charge in [-0.2, -0.15) is 0 Å². The summed E-state index contributed by atoms with van der Waals surface area (Å²) in [5.41, 5.74) is 0.985. The maximum atomic E-state index is 11.6. The van der Waals surface area contributed by atoms with Gasteiger partial charge in [-0.15, -0.1) is 0 Å². The lowest BCUT2D eigenvalue weighted by Crippen LogP contribution is -1.99. The van der Waals surface area contributed by atoms with Crippen molar-refractivity contribution in [2.45, 2.75) is 13.3 Å². The lowest BCUT2D eigenvalue weighted by Gasteiger charge is -2.09. The third-order valence-corrected chi connectivity index (χ3v) is 3.57. The highest BCUT2D eigenvalue weighted by Crippen LogP contribution is 2.34. The SMILES string of the molecule is CCc1cc(=O)oc2cc(Oc3ccc(Cl)cc3O)ccc12. The molecule has 0 saturated carbocycles. The Morgan fingerprint density at radius 3 is 2.73 bits per heavy atom. The number of aromatic hydroxyl groups is 1. The molecule has 0 aliphatic rings. The van der Waals surface area contributed by atoms with Crippen molar-refractivity contribution < 1.29 is 14.3 Å². The van der Waals surface area contributed by atoms with Gasteiger partial charge in [-0.05, 0) is 36.2 Å². The number of benzene rings is 2. The smallest absolute Gasteiger partial charge is 0.336 e. The monoisotopic (exact) mass is 316 g/mol. The summed E-state index contributed by atoms with van der Waals surface area (Å²) < 4.78 is 10.8. The molecule has 2 aromatic carbocycles. The van der Waals surface area contributed by atoms with Gasteiger partial charge in [-0.3, -0.25) is 0 Å². The summed E-state index contributed by atoms with van der Waals surface area (Å²) in [4.78, 5) is 11.6. The van der Waals surface area contributed by atoms with E-state index in [0.717, 1.165) is 17.4 Å². The predicted octanol–water partition coefficient (Wildman–Crippen LogP) is 4.51. The summed E-state index contributed by atoms with van der Waals surface area (Å²) in [5, 5.41) is 11.1. The van der Waals surface area contributed by atoms with Gasteiger partial charge in [0.15, 0.2) is 11.5 Å². The molecule has 0 aliphatic heterocycles. The Bertz CT molecular complexity index is 899. The predicted molar refractivity (Wildman–Crippen MR) is 85.1 cm³/mol. The summed E-state index contributed by atoms with van der Waals surface area (Å²) in [7, 11) is 0. The maximum Gasteiger partial charge on any atom is 0.336 e. The van der Waals surface area contributed by atoms with Crippen LogP contribution in [0.2, 0.25) is 5.02 Å². The topological polar surface area (TPSA) is 59.7 Å². The lowest BCUT2D eigenvalue weighted by molar-refractivity contribution is 0.411. The summed E-state index contributed by atoms with van der Waals surface area (Å²) in [6.45, 7) is 1.98. The number of phenols is 1. The summed E-state index contributed by atoms with van der Waals surface area (Å²) in [6, 6.07) is 11.3. The molecule has 0 amide bonds. The van der Waals surface area contributed by atoms with Crippen molar-refractivity contribution in [1.82, 2.24) is 0 Å². The summed E-state index contributed by atoms with van der Waals surface area (Å²) in [5.74, 6) is 0.677. The Hall–Kier alpha value is -2.46. The van der Waals surface area contributed by atoms with Crippen LogP contribution in [0.1, 0.15) is 12.5 Å². The lowest BCUT2D eigenvalue weighted by atomic mass is 10.1. The number of hydrogen-bond donors (Lipinski definition) is 1. The Morgan fingerprint density at radius 1 is 1.18 bits per heavy atom. The molecule has 0 fully saturated rings. The van der Waals surface area contributed by atoms with Crippen LogP contribution in [0.25, 0.3) is 11.0 Å². The van der Waals surface area contributed by atoms with Crippen molar-refractivity contribution in [3.8, 4) is 17.2 Å². The molecule has 0 aliphatic carbocycles. The van der Waals surface area contributed by atoms with Crippen molar-refractivity contribution in [2.75, 3.05) is 0 Å². The molecule has 1 aromatic heterocycles. The van der Waals surface area contributed by atoms with E-state index in [1.165, 1.54) is 12.1 Å². The number of ether oxygens (including phenoxy) is 1. The molecule has 1 heterocycles. The first-order valence-corrected chi connectivity index (χ1v) is 7.18. The number of aryl methyl sites for hydroxylation is 1. The summed E-state index contributed by atoms with van der Waals surface area (Å²) in [6.07, 6.45) is 0.736. The summed E-state index contributed by atoms with van der Waals surface area (Å²) >= 11 is 5.78. The van der Waals surface area contributed by atoms with Crippen molar-refractivity contribution in [2.24, 2.45) is 0 Å². The Balaban J connectivity index is 2.03. The van der Waals surface area contributed by atoms with Crippen molar-refractivity contribution >= 4 is 22.6 Å². The van der Waals surface area contributed by atoms with Gasteiger partial charge in [0.25, 0.3) is 0 Å². The van der Waals surface area contributed by atoms with Crippen LogP contribution in [0.4, 0.5) is 0 Å². The molecular weight excluding hydrogens is 304 g/mol.